The van der Waals surface area contributed by atoms with Gasteiger partial charge in [0.05, 0.1) is 0 Å². The maximum atomic E-state index is 10.4. The molecule has 9 aromatic carbocycles. The van der Waals surface area contributed by atoms with Gasteiger partial charge in [-0.05, 0) is 24.3 Å². The molecule has 5 heteroatoms. The van der Waals surface area contributed by atoms with Gasteiger partial charge < -0.3 is 10.2 Å². The fourth-order valence-electron chi connectivity index (χ4n) is 9.45. The van der Waals surface area contributed by atoms with Gasteiger partial charge in [0.1, 0.15) is 11.5 Å². The van der Waals surface area contributed by atoms with Gasteiger partial charge in [0.25, 0.3) is 0 Å². The van der Waals surface area contributed by atoms with Crippen LogP contribution in [0.2, 0.25) is 0 Å². The van der Waals surface area contributed by atoms with Gasteiger partial charge >= 0.3 is 308 Å². The predicted octanol–water partition coefficient (Wildman–Crippen LogP) is 13.9. The summed E-state index contributed by atoms with van der Waals surface area (Å²) in [7, 11) is 0. The van der Waals surface area contributed by atoms with E-state index in [1.807, 2.05) is 36.4 Å². The first kappa shape index (κ1) is 41.9. The molecule has 0 saturated carbocycles. The molecule has 0 saturated heterocycles. The molecule has 3 N–H and O–H groups in total. The van der Waals surface area contributed by atoms with Crippen LogP contribution in [0.3, 0.4) is 0 Å². The Kier molecular flexibility index (Phi) is 12.1. The molecule has 0 amide bonds. The number of phenols is 3. The molecule has 0 bridgehead atoms. The van der Waals surface area contributed by atoms with Gasteiger partial charge in [-0.1, -0.05) is 24.3 Å². The third kappa shape index (κ3) is 9.20. The Morgan fingerprint density at radius 1 is 0.297 bits per heavy atom. The summed E-state index contributed by atoms with van der Waals surface area (Å²) in [4.78, 5) is 0. The van der Waals surface area contributed by atoms with Gasteiger partial charge in [-0.2, -0.15) is 0 Å². The Hall–Kier alpha value is -7.39. The molecule has 0 aliphatic carbocycles. The van der Waals surface area contributed by atoms with Crippen molar-refractivity contribution in [1.82, 2.24) is 0 Å². The Balaban J connectivity index is 1.15. The van der Waals surface area contributed by atoms with Crippen molar-refractivity contribution in [3.8, 4) is 23.0 Å². The molecule has 9 aromatic rings. The Morgan fingerprint density at radius 3 is 0.844 bits per heavy atom. The van der Waals surface area contributed by atoms with Crippen LogP contribution in [0.5, 0.6) is 23.0 Å². The van der Waals surface area contributed by atoms with E-state index in [-0.39, 0.29) is 29.1 Å². The van der Waals surface area contributed by atoms with Crippen molar-refractivity contribution in [1.29, 1.82) is 0 Å². The molecule has 0 aromatic heterocycles. The molecular formula is C59H51O4P. The standard InChI is InChI=1S/C59H51O4P/c60-53-33-25-49(26-34-53)58(50-27-35-54(61)36-28-50)47-21-23-48(24-22-47)59(51-29-37-55(62)38-30-51)52-31-39-56(40-32-52)63-64(57-19-11-4-12-20-57,41-44-13-5-1-6-14-44,42-45-15-7-2-8-16-45)43-46-17-9-3-10-18-46/h1-40,58-62H,41-43H2. The molecule has 9 rings (SSSR count). The molecular weight excluding hydrogens is 804 g/mol. The van der Waals surface area contributed by atoms with Crippen LogP contribution in [0.4, 0.5) is 0 Å². The second-order valence-corrected chi connectivity index (χ2v) is 21.8. The van der Waals surface area contributed by atoms with E-state index in [9.17, 15) is 15.3 Å². The van der Waals surface area contributed by atoms with Gasteiger partial charge in [-0.15, -0.1) is 0 Å². The summed E-state index contributed by atoms with van der Waals surface area (Å²) in [6.45, 7) is -3.53. The monoisotopic (exact) mass is 854 g/mol. The van der Waals surface area contributed by atoms with E-state index in [4.69, 9.17) is 4.52 Å². The summed E-state index contributed by atoms with van der Waals surface area (Å²) in [6, 6.07) is 82.9. The number of aromatic hydroxyl groups is 3. The van der Waals surface area contributed by atoms with Crippen LogP contribution in [0, 0.1) is 0 Å². The minimum Gasteiger partial charge on any atom is -0.0544 e. The average molecular weight is 855 g/mol. The Labute approximate surface area is 376 Å². The zero-order valence-corrected chi connectivity index (χ0v) is 36.5. The van der Waals surface area contributed by atoms with Crippen LogP contribution in [0.1, 0.15) is 61.9 Å². The first-order valence-corrected chi connectivity index (χ1v) is 24.5. The largest absolute Gasteiger partial charge is 0.0544 e. The first-order valence-electron chi connectivity index (χ1n) is 21.8. The fourth-order valence-corrected chi connectivity index (χ4v) is 15.4. The van der Waals surface area contributed by atoms with Crippen LogP contribution < -0.4 is 9.83 Å². The van der Waals surface area contributed by atoms with Crippen molar-refractivity contribution < 1.29 is 19.8 Å². The summed E-state index contributed by atoms with van der Waals surface area (Å²) >= 11 is 0. The number of hydrogen-bond donors (Lipinski definition) is 3. The van der Waals surface area contributed by atoms with Crippen molar-refractivity contribution in [3.05, 3.63) is 293 Å². The second-order valence-electron chi connectivity index (χ2n) is 16.9. The van der Waals surface area contributed by atoms with Gasteiger partial charge in [0.15, 0.2) is 0 Å². The molecule has 1 atom stereocenters. The van der Waals surface area contributed by atoms with Crippen LogP contribution in [-0.4, -0.2) is 15.3 Å². The van der Waals surface area contributed by atoms with E-state index < -0.39 is 6.83 Å². The summed E-state index contributed by atoms with van der Waals surface area (Å²) in [5, 5.41) is 31.8. The number of benzene rings is 9. The van der Waals surface area contributed by atoms with E-state index in [0.29, 0.717) is 0 Å². The van der Waals surface area contributed by atoms with E-state index in [1.54, 1.807) is 36.4 Å². The Bertz CT molecular complexity index is 2720. The van der Waals surface area contributed by atoms with E-state index in [1.165, 1.54) is 22.0 Å². The first-order chi connectivity index (χ1) is 31.3. The molecule has 0 fully saturated rings. The van der Waals surface area contributed by atoms with E-state index in [0.717, 1.165) is 57.6 Å². The summed E-state index contributed by atoms with van der Waals surface area (Å²) in [5.41, 5.74) is 10.1. The van der Waals surface area contributed by atoms with Crippen molar-refractivity contribution in [2.75, 3.05) is 0 Å². The van der Waals surface area contributed by atoms with Crippen LogP contribution in [0.25, 0.3) is 0 Å². The van der Waals surface area contributed by atoms with Gasteiger partial charge in [-0.3, -0.25) is 0 Å². The Morgan fingerprint density at radius 2 is 0.547 bits per heavy atom. The van der Waals surface area contributed by atoms with Crippen LogP contribution in [0.15, 0.2) is 243 Å². The molecule has 0 heterocycles. The van der Waals surface area contributed by atoms with Gasteiger partial charge in [0.2, 0.25) is 0 Å². The third-order valence-corrected chi connectivity index (χ3v) is 18.0. The van der Waals surface area contributed by atoms with Crippen LogP contribution >= 0.6 is 6.83 Å². The van der Waals surface area contributed by atoms with Crippen molar-refractivity contribution in [3.63, 3.8) is 0 Å². The molecule has 0 spiro atoms. The maximum Gasteiger partial charge on any atom is -0.0199 e. The molecule has 0 aliphatic rings. The van der Waals surface area contributed by atoms with E-state index >= 15 is 0 Å². The number of phenolic OH excluding ortho intramolecular Hbond substituents is 3. The summed E-state index contributed by atoms with van der Waals surface area (Å²) < 4.78 is 7.96. The normalized spacial score (nSPS) is 12.5. The number of hydrogen-bond acceptors (Lipinski definition) is 4. The zero-order chi connectivity index (χ0) is 43.8. The van der Waals surface area contributed by atoms with E-state index in [2.05, 4.69) is 170 Å². The minimum atomic E-state index is -3.53. The fraction of sp³-hybridized carbons (Fsp3) is 0.0847. The van der Waals surface area contributed by atoms with Crippen molar-refractivity contribution >= 4 is 12.1 Å². The molecule has 64 heavy (non-hydrogen) atoms. The molecule has 1 unspecified atom stereocenters. The van der Waals surface area contributed by atoms with Crippen molar-refractivity contribution in [2.24, 2.45) is 0 Å². The molecule has 0 radical (unpaired) electrons. The minimum absolute atomic E-state index is 0.123. The average Bonchev–Trinajstić information content (AvgIpc) is 3.33. The summed E-state index contributed by atoms with van der Waals surface area (Å²) in [5.74, 6) is 1.19. The molecule has 4 nitrogen and oxygen atoms in total. The quantitative estimate of drug-likeness (QED) is 0.0710. The molecule has 0 aliphatic heterocycles. The van der Waals surface area contributed by atoms with Gasteiger partial charge in [-0.25, -0.2) is 0 Å². The van der Waals surface area contributed by atoms with Crippen molar-refractivity contribution in [2.45, 2.75) is 30.3 Å². The predicted molar refractivity (Wildman–Crippen MR) is 263 cm³/mol. The molecule has 316 valence electrons. The second kappa shape index (κ2) is 18.5. The summed E-state index contributed by atoms with van der Waals surface area (Å²) in [6.07, 6.45) is 2.25. The smallest absolute Gasteiger partial charge is 0.0199 e. The topological polar surface area (TPSA) is 69.9 Å². The maximum absolute atomic E-state index is 10.4. The zero-order valence-electron chi connectivity index (χ0n) is 35.6. The SMILES string of the molecule is Oc1ccc(C(c2ccc(O)cc2)c2ccc(C(c3ccc(O)cc3)c3ccc(OP(Cc4ccccc4)(Cc4ccccc4)(Cc4ccccc4)c4ccccc4)cc3)cc2)cc1. The van der Waals surface area contributed by atoms with Gasteiger partial charge in [0, 0.05) is 0 Å². The third-order valence-electron chi connectivity index (χ3n) is 12.4. The number of rotatable bonds is 15. The van der Waals surface area contributed by atoms with Crippen LogP contribution in [-0.2, 0) is 18.5 Å².